The van der Waals surface area contributed by atoms with Crippen LogP contribution in [0.25, 0.3) is 55.6 Å². The highest BCUT2D eigenvalue weighted by Crippen LogP contribution is 2.34. The van der Waals surface area contributed by atoms with Crippen molar-refractivity contribution in [3.8, 4) is 33.8 Å². The average molecular weight is 507 g/mol. The predicted octanol–water partition coefficient (Wildman–Crippen LogP) is 7.13. The Balaban J connectivity index is 1.20. The molecule has 0 saturated carbocycles. The first kappa shape index (κ1) is 23.1. The Kier molecular flexibility index (Phi) is 5.92. The number of hydrogen-bond donors (Lipinski definition) is 3. The summed E-state index contributed by atoms with van der Waals surface area (Å²) in [5.74, 6) is 0. The summed E-state index contributed by atoms with van der Waals surface area (Å²) in [5, 5.41) is 13.6. The Morgan fingerprint density at radius 1 is 0.667 bits per heavy atom. The van der Waals surface area contributed by atoms with Gasteiger partial charge in [-0.3, -0.25) is 15.1 Å². The van der Waals surface area contributed by atoms with E-state index in [4.69, 9.17) is 0 Å². The topological polar surface area (TPSA) is 82.3 Å². The zero-order valence-corrected chi connectivity index (χ0v) is 21.2. The molecule has 39 heavy (non-hydrogen) atoms. The van der Waals surface area contributed by atoms with E-state index in [-0.39, 0.29) is 0 Å². The molecule has 6 heteroatoms. The molecular formula is C33H26N6. The molecule has 3 aromatic carbocycles. The highest BCUT2D eigenvalue weighted by molar-refractivity contribution is 6.01. The van der Waals surface area contributed by atoms with Crippen molar-refractivity contribution < 1.29 is 0 Å². The molecule has 0 radical (unpaired) electrons. The van der Waals surface area contributed by atoms with E-state index in [1.54, 1.807) is 0 Å². The van der Waals surface area contributed by atoms with Crippen molar-refractivity contribution in [1.82, 2.24) is 30.5 Å². The second-order valence-electron chi connectivity index (χ2n) is 9.67. The summed E-state index contributed by atoms with van der Waals surface area (Å²) in [5.41, 5.74) is 10.6. The van der Waals surface area contributed by atoms with Crippen LogP contribution in [-0.4, -0.2) is 25.1 Å². The fraction of sp³-hybridized carbons (Fsp3) is 0.0606. The lowest BCUT2D eigenvalue weighted by Gasteiger charge is -2.08. The molecule has 0 aliphatic rings. The number of H-pyrrole nitrogens is 2. The largest absolute Gasteiger partial charge is 0.353 e. The van der Waals surface area contributed by atoms with Crippen molar-refractivity contribution in [2.45, 2.75) is 13.1 Å². The molecule has 0 saturated heterocycles. The Bertz CT molecular complexity index is 1890. The van der Waals surface area contributed by atoms with E-state index in [2.05, 4.69) is 103 Å². The lowest BCUT2D eigenvalue weighted by atomic mass is 10.0. The fourth-order valence-corrected chi connectivity index (χ4v) is 5.12. The zero-order chi connectivity index (χ0) is 26.0. The Morgan fingerprint density at radius 2 is 1.56 bits per heavy atom. The summed E-state index contributed by atoms with van der Waals surface area (Å²) in [7, 11) is 0. The van der Waals surface area contributed by atoms with Gasteiger partial charge in [0.25, 0.3) is 0 Å². The molecule has 4 heterocycles. The van der Waals surface area contributed by atoms with Crippen LogP contribution in [-0.2, 0) is 13.1 Å². The molecule has 7 aromatic rings. The van der Waals surface area contributed by atoms with Crippen molar-refractivity contribution in [2.24, 2.45) is 0 Å². The van der Waals surface area contributed by atoms with Crippen LogP contribution >= 0.6 is 0 Å². The normalized spacial score (nSPS) is 11.4. The van der Waals surface area contributed by atoms with Crippen LogP contribution in [0.15, 0.2) is 116 Å². The van der Waals surface area contributed by atoms with Crippen molar-refractivity contribution in [3.63, 3.8) is 0 Å². The zero-order valence-electron chi connectivity index (χ0n) is 21.2. The van der Waals surface area contributed by atoms with Crippen molar-refractivity contribution in [3.05, 3.63) is 127 Å². The molecule has 0 unspecified atom stereocenters. The van der Waals surface area contributed by atoms with Gasteiger partial charge in [-0.15, -0.1) is 0 Å². The second-order valence-corrected chi connectivity index (χ2v) is 9.67. The van der Waals surface area contributed by atoms with Crippen LogP contribution < -0.4 is 5.32 Å². The first-order valence-electron chi connectivity index (χ1n) is 13.0. The summed E-state index contributed by atoms with van der Waals surface area (Å²) < 4.78 is 0. The second kappa shape index (κ2) is 10.0. The molecule has 6 nitrogen and oxygen atoms in total. The van der Waals surface area contributed by atoms with Gasteiger partial charge in [-0.1, -0.05) is 54.6 Å². The summed E-state index contributed by atoms with van der Waals surface area (Å²) in [6.07, 6.45) is 5.67. The smallest absolute Gasteiger partial charge is 0.116 e. The number of fused-ring (bicyclic) bond motifs is 2. The highest BCUT2D eigenvalue weighted by Gasteiger charge is 2.15. The van der Waals surface area contributed by atoms with E-state index >= 15 is 0 Å². The standard InChI is InChI=1S/C33H26N6/c1-2-7-22(8-3-1)18-34-19-23-15-25(21-35-20-23)24-12-13-31-28(16-24)33(39-38-31)32-17-27-26(9-6-11-30(27)37-32)29-10-4-5-14-36-29/h1-17,20-21,34,37H,18-19H2,(H,38,39). The quantitative estimate of drug-likeness (QED) is 0.215. The molecule has 0 fully saturated rings. The molecule has 0 aliphatic heterocycles. The van der Waals surface area contributed by atoms with Crippen molar-refractivity contribution in [1.29, 1.82) is 0 Å². The molecule has 7 rings (SSSR count). The molecular weight excluding hydrogens is 480 g/mol. The van der Waals surface area contributed by atoms with Crippen LogP contribution in [0, 0.1) is 0 Å². The van der Waals surface area contributed by atoms with Gasteiger partial charge in [0.1, 0.15) is 5.69 Å². The van der Waals surface area contributed by atoms with Gasteiger partial charge in [0, 0.05) is 59.1 Å². The van der Waals surface area contributed by atoms with E-state index in [1.165, 1.54) is 5.56 Å². The maximum atomic E-state index is 4.69. The first-order valence-corrected chi connectivity index (χ1v) is 13.0. The lowest BCUT2D eigenvalue weighted by Crippen LogP contribution is -2.12. The van der Waals surface area contributed by atoms with E-state index in [9.17, 15) is 0 Å². The molecule has 0 spiro atoms. The highest BCUT2D eigenvalue weighted by atomic mass is 15.1. The Labute approximate surface area is 225 Å². The molecule has 0 atom stereocenters. The minimum atomic E-state index is 0.753. The summed E-state index contributed by atoms with van der Waals surface area (Å²) in [6.45, 7) is 1.57. The minimum Gasteiger partial charge on any atom is -0.353 e. The number of rotatable bonds is 7. The molecule has 0 bridgehead atoms. The summed E-state index contributed by atoms with van der Waals surface area (Å²) >= 11 is 0. The molecule has 0 aliphatic carbocycles. The summed E-state index contributed by atoms with van der Waals surface area (Å²) in [6, 6.07) is 33.4. The average Bonchev–Trinajstić information content (AvgIpc) is 3.62. The van der Waals surface area contributed by atoms with E-state index in [1.807, 2.05) is 42.9 Å². The van der Waals surface area contributed by atoms with E-state index in [0.717, 1.165) is 74.2 Å². The van der Waals surface area contributed by atoms with Gasteiger partial charge in [-0.2, -0.15) is 5.10 Å². The van der Waals surface area contributed by atoms with Crippen LogP contribution in [0.1, 0.15) is 11.1 Å². The SMILES string of the molecule is c1ccc(CNCc2cncc(-c3ccc4[nH]nc(-c5cc6c(-c7ccccn7)cccc6[nH]5)c4c3)c2)cc1. The van der Waals surface area contributed by atoms with Gasteiger partial charge < -0.3 is 10.3 Å². The van der Waals surface area contributed by atoms with Crippen LogP contribution in [0.2, 0.25) is 0 Å². The Hall–Kier alpha value is -5.07. The predicted molar refractivity (Wildman–Crippen MR) is 157 cm³/mol. The lowest BCUT2D eigenvalue weighted by molar-refractivity contribution is 0.691. The maximum Gasteiger partial charge on any atom is 0.116 e. The number of pyridine rings is 2. The third kappa shape index (κ3) is 4.58. The number of aromatic nitrogens is 5. The van der Waals surface area contributed by atoms with Crippen LogP contribution in [0.4, 0.5) is 0 Å². The number of nitrogens with zero attached hydrogens (tertiary/aromatic N) is 3. The van der Waals surface area contributed by atoms with Gasteiger partial charge in [0.2, 0.25) is 0 Å². The summed E-state index contributed by atoms with van der Waals surface area (Å²) in [4.78, 5) is 12.7. The van der Waals surface area contributed by atoms with E-state index < -0.39 is 0 Å². The van der Waals surface area contributed by atoms with Gasteiger partial charge in [-0.25, -0.2) is 0 Å². The van der Waals surface area contributed by atoms with Crippen LogP contribution in [0.3, 0.4) is 0 Å². The van der Waals surface area contributed by atoms with Gasteiger partial charge in [0.15, 0.2) is 0 Å². The van der Waals surface area contributed by atoms with Crippen LogP contribution in [0.5, 0.6) is 0 Å². The minimum absolute atomic E-state index is 0.753. The number of benzene rings is 3. The third-order valence-electron chi connectivity index (χ3n) is 7.05. The monoisotopic (exact) mass is 506 g/mol. The van der Waals surface area contributed by atoms with Gasteiger partial charge in [-0.05, 0) is 59.2 Å². The van der Waals surface area contributed by atoms with Gasteiger partial charge >= 0.3 is 0 Å². The first-order chi connectivity index (χ1) is 19.3. The van der Waals surface area contributed by atoms with Crippen molar-refractivity contribution >= 4 is 21.8 Å². The Morgan fingerprint density at radius 3 is 2.46 bits per heavy atom. The molecule has 188 valence electrons. The number of nitrogens with one attached hydrogen (secondary N) is 3. The number of hydrogen-bond acceptors (Lipinski definition) is 4. The fourth-order valence-electron chi connectivity index (χ4n) is 5.12. The van der Waals surface area contributed by atoms with Crippen molar-refractivity contribution in [2.75, 3.05) is 0 Å². The third-order valence-corrected chi connectivity index (χ3v) is 7.05. The maximum absolute atomic E-state index is 4.69. The van der Waals surface area contributed by atoms with Gasteiger partial charge in [0.05, 0.1) is 16.9 Å². The molecule has 4 aromatic heterocycles. The number of aromatic amines is 2. The molecule has 0 amide bonds. The van der Waals surface area contributed by atoms with E-state index in [0.29, 0.717) is 0 Å². The molecule has 3 N–H and O–H groups in total.